The van der Waals surface area contributed by atoms with Crippen LogP contribution in [0.1, 0.15) is 13.3 Å². The molecule has 0 spiro atoms. The first kappa shape index (κ1) is 14.0. The number of hydrogen-bond donors (Lipinski definition) is 0. The van der Waals surface area contributed by atoms with E-state index in [2.05, 4.69) is 0 Å². The highest BCUT2D eigenvalue weighted by Gasteiger charge is 2.24. The third-order valence-electron chi connectivity index (χ3n) is 1.97. The molecule has 1 aliphatic heterocycles. The van der Waals surface area contributed by atoms with Crippen LogP contribution in [0.5, 0.6) is 0 Å². The van der Waals surface area contributed by atoms with Gasteiger partial charge in [0.15, 0.2) is 6.29 Å². The van der Waals surface area contributed by atoms with E-state index in [1.807, 2.05) is 6.92 Å². The lowest BCUT2D eigenvalue weighted by atomic mass is 10.4. The van der Waals surface area contributed by atoms with Gasteiger partial charge in [-0.1, -0.05) is 6.92 Å². The maximum absolute atomic E-state index is 5.47. The van der Waals surface area contributed by atoms with E-state index >= 15 is 0 Å². The third kappa shape index (κ3) is 5.90. The fourth-order valence-electron chi connectivity index (χ4n) is 1.02. The van der Waals surface area contributed by atoms with Crippen LogP contribution < -0.4 is 0 Å². The zero-order valence-corrected chi connectivity index (χ0v) is 10.9. The summed E-state index contributed by atoms with van der Waals surface area (Å²) in [6.45, 7) is 3.45. The van der Waals surface area contributed by atoms with Gasteiger partial charge in [0.25, 0.3) is 0 Å². The van der Waals surface area contributed by atoms with Crippen LogP contribution in [0, 0.1) is 0 Å². The Bertz CT molecular complexity index is 173. The summed E-state index contributed by atoms with van der Waals surface area (Å²) >= 11 is 0. The van der Waals surface area contributed by atoms with Gasteiger partial charge in [0, 0.05) is 14.2 Å². The molecule has 7 heteroatoms. The molecule has 0 aromatic carbocycles. The minimum atomic E-state index is -1.65. The maximum atomic E-state index is 5.47. The highest BCUT2D eigenvalue weighted by atomic mass is 28.3. The number of ether oxygens (including phenoxy) is 3. The number of epoxide rings is 1. The van der Waals surface area contributed by atoms with Gasteiger partial charge in [-0.05, 0) is 6.42 Å². The fourth-order valence-corrected chi connectivity index (χ4v) is 1.59. The lowest BCUT2D eigenvalue weighted by Gasteiger charge is -2.17. The van der Waals surface area contributed by atoms with Crippen molar-refractivity contribution in [2.45, 2.75) is 25.7 Å². The van der Waals surface area contributed by atoms with Crippen molar-refractivity contribution in [1.82, 2.24) is 0 Å². The van der Waals surface area contributed by atoms with Gasteiger partial charge < -0.3 is 27.5 Å². The molecular weight excluding hydrogens is 232 g/mol. The quantitative estimate of drug-likeness (QED) is 0.318. The van der Waals surface area contributed by atoms with Crippen molar-refractivity contribution >= 4 is 9.53 Å². The molecule has 0 aromatic rings. The molecular formula is C9H19O6Si. The molecule has 2 atom stereocenters. The van der Waals surface area contributed by atoms with Crippen molar-refractivity contribution in [3.05, 3.63) is 0 Å². The van der Waals surface area contributed by atoms with Crippen LogP contribution in [0.15, 0.2) is 0 Å². The van der Waals surface area contributed by atoms with E-state index in [9.17, 15) is 0 Å². The molecule has 1 radical (unpaired) electrons. The van der Waals surface area contributed by atoms with Crippen LogP contribution in [0.4, 0.5) is 0 Å². The van der Waals surface area contributed by atoms with E-state index in [4.69, 9.17) is 27.5 Å². The van der Waals surface area contributed by atoms with Crippen molar-refractivity contribution in [3.8, 4) is 0 Å². The molecule has 0 amide bonds. The Labute approximate surface area is 97.7 Å². The molecule has 2 unspecified atom stereocenters. The van der Waals surface area contributed by atoms with E-state index in [0.29, 0.717) is 6.61 Å². The average molecular weight is 251 g/mol. The Morgan fingerprint density at radius 2 is 2.00 bits per heavy atom. The lowest BCUT2D eigenvalue weighted by Crippen LogP contribution is -2.28. The Balaban J connectivity index is 2.02. The molecule has 1 heterocycles. The van der Waals surface area contributed by atoms with Gasteiger partial charge in [0.05, 0.1) is 13.2 Å². The third-order valence-corrected chi connectivity index (χ3v) is 2.99. The highest BCUT2D eigenvalue weighted by molar-refractivity contribution is 6.36. The van der Waals surface area contributed by atoms with Crippen molar-refractivity contribution in [1.29, 1.82) is 0 Å². The zero-order chi connectivity index (χ0) is 11.8. The molecule has 1 rings (SSSR count). The first-order chi connectivity index (χ1) is 7.80. The van der Waals surface area contributed by atoms with Crippen LogP contribution in [-0.2, 0) is 27.5 Å². The second-order valence-electron chi connectivity index (χ2n) is 3.21. The summed E-state index contributed by atoms with van der Waals surface area (Å²) in [6.07, 6.45) is 0.746. The van der Waals surface area contributed by atoms with Gasteiger partial charge in [0.2, 0.25) is 0 Å². The van der Waals surface area contributed by atoms with Gasteiger partial charge in [0.1, 0.15) is 12.9 Å². The van der Waals surface area contributed by atoms with Crippen LogP contribution in [0.25, 0.3) is 0 Å². The summed E-state index contributed by atoms with van der Waals surface area (Å²) in [5, 5.41) is 0. The second kappa shape index (κ2) is 8.12. The van der Waals surface area contributed by atoms with E-state index in [0.717, 1.165) is 13.0 Å². The van der Waals surface area contributed by atoms with E-state index in [1.54, 1.807) is 0 Å². The van der Waals surface area contributed by atoms with Crippen LogP contribution in [-0.4, -0.2) is 56.1 Å². The van der Waals surface area contributed by atoms with E-state index in [1.165, 1.54) is 14.2 Å². The minimum Gasteiger partial charge on any atom is -0.374 e. The van der Waals surface area contributed by atoms with Crippen molar-refractivity contribution < 1.29 is 27.5 Å². The zero-order valence-electron chi connectivity index (χ0n) is 9.93. The lowest BCUT2D eigenvalue weighted by molar-refractivity contribution is -0.183. The Morgan fingerprint density at radius 3 is 2.50 bits per heavy atom. The van der Waals surface area contributed by atoms with Crippen LogP contribution >= 0.6 is 0 Å². The molecule has 0 bridgehead atoms. The standard InChI is InChI=1S/C9H19O6Si/c1-4-9(13-6-8-5-12-8)14-7-15-16(10-2)11-3/h8-9H,4-7H2,1-3H3. The molecule has 0 N–H and O–H groups in total. The molecule has 95 valence electrons. The molecule has 1 saturated heterocycles. The predicted molar refractivity (Wildman–Crippen MR) is 56.6 cm³/mol. The van der Waals surface area contributed by atoms with Crippen molar-refractivity contribution in [2.24, 2.45) is 0 Å². The van der Waals surface area contributed by atoms with E-state index < -0.39 is 9.53 Å². The molecule has 1 fully saturated rings. The number of rotatable bonds is 10. The Hall–Kier alpha value is -0.0231. The first-order valence-corrected chi connectivity index (χ1v) is 6.45. The molecule has 1 aliphatic rings. The van der Waals surface area contributed by atoms with Gasteiger partial charge in [-0.15, -0.1) is 0 Å². The smallest absolute Gasteiger partial charge is 0.374 e. The van der Waals surface area contributed by atoms with E-state index in [-0.39, 0.29) is 19.2 Å². The Kier molecular flexibility index (Phi) is 7.13. The first-order valence-electron chi connectivity index (χ1n) is 5.22. The Morgan fingerprint density at radius 1 is 1.31 bits per heavy atom. The summed E-state index contributed by atoms with van der Waals surface area (Å²) in [6, 6.07) is 0. The molecule has 6 nitrogen and oxygen atoms in total. The fraction of sp³-hybridized carbons (Fsp3) is 1.00. The summed E-state index contributed by atoms with van der Waals surface area (Å²) < 4.78 is 31.0. The molecule has 0 aliphatic carbocycles. The topological polar surface area (TPSA) is 58.7 Å². The normalized spacial score (nSPS) is 21.4. The molecule has 16 heavy (non-hydrogen) atoms. The monoisotopic (exact) mass is 251 g/mol. The molecule has 0 saturated carbocycles. The summed E-state index contributed by atoms with van der Waals surface area (Å²) in [7, 11) is 1.42. The van der Waals surface area contributed by atoms with Gasteiger partial charge >= 0.3 is 9.53 Å². The predicted octanol–water partition coefficient (Wildman–Crippen LogP) is 0.406. The van der Waals surface area contributed by atoms with Crippen molar-refractivity contribution in [2.75, 3.05) is 34.2 Å². The highest BCUT2D eigenvalue weighted by Crippen LogP contribution is 2.11. The second-order valence-corrected chi connectivity index (χ2v) is 4.82. The summed E-state index contributed by atoms with van der Waals surface area (Å²) in [4.78, 5) is 0. The summed E-state index contributed by atoms with van der Waals surface area (Å²) in [5.41, 5.74) is 0. The maximum Gasteiger partial charge on any atom is 0.578 e. The minimum absolute atomic E-state index is 0.111. The number of hydrogen-bond acceptors (Lipinski definition) is 6. The van der Waals surface area contributed by atoms with Gasteiger partial charge in [-0.2, -0.15) is 0 Å². The SMILES string of the molecule is CCC(OCO[Si](OC)OC)OCC1CO1. The average Bonchev–Trinajstić information content (AvgIpc) is 3.12. The molecule has 0 aromatic heterocycles. The van der Waals surface area contributed by atoms with Gasteiger partial charge in [-0.25, -0.2) is 0 Å². The van der Waals surface area contributed by atoms with Crippen molar-refractivity contribution in [3.63, 3.8) is 0 Å². The summed E-state index contributed by atoms with van der Waals surface area (Å²) in [5.74, 6) is 0. The van der Waals surface area contributed by atoms with Crippen LogP contribution in [0.2, 0.25) is 0 Å². The van der Waals surface area contributed by atoms with Gasteiger partial charge in [-0.3, -0.25) is 0 Å². The van der Waals surface area contributed by atoms with Crippen LogP contribution in [0.3, 0.4) is 0 Å². The largest absolute Gasteiger partial charge is 0.578 e.